The van der Waals surface area contributed by atoms with Crippen LogP contribution in [0.5, 0.6) is 0 Å². The summed E-state index contributed by atoms with van der Waals surface area (Å²) in [5, 5.41) is 10.2. The van der Waals surface area contributed by atoms with Gasteiger partial charge in [0.05, 0.1) is 6.10 Å². The van der Waals surface area contributed by atoms with Crippen LogP contribution >= 0.6 is 0 Å². The van der Waals surface area contributed by atoms with Crippen LogP contribution in [0.25, 0.3) is 11.4 Å². The average molecular weight is 327 g/mol. The molecular weight excluding hydrogens is 306 g/mol. The highest BCUT2D eigenvalue weighted by Crippen LogP contribution is 2.38. The molecule has 7 heteroatoms. The third-order valence-corrected chi connectivity index (χ3v) is 4.54. The van der Waals surface area contributed by atoms with E-state index < -0.39 is 6.10 Å². The molecule has 4 rings (SSSR count). The van der Waals surface area contributed by atoms with E-state index in [1.807, 2.05) is 24.3 Å². The average Bonchev–Trinajstić information content (AvgIpc) is 3.14. The highest BCUT2D eigenvalue weighted by molar-refractivity contribution is 5.94. The van der Waals surface area contributed by atoms with Crippen LogP contribution < -0.4 is 11.1 Å². The normalized spacial score (nSPS) is 23.4. The molecule has 2 aromatic rings. The van der Waals surface area contributed by atoms with E-state index in [9.17, 15) is 4.79 Å². The fraction of sp³-hybridized carbons (Fsp3) is 0.471. The number of carbonyl (C=O) groups is 1. The summed E-state index contributed by atoms with van der Waals surface area (Å²) in [4.78, 5) is 16.7. The van der Waals surface area contributed by atoms with Crippen LogP contribution in [0.3, 0.4) is 0 Å². The standard InChI is InChI=1S/C17H21N5O2/c18-9-13-7-8-14(24-13)17(23)19-12-5-3-11(4-6-12)16-20-15(21-22-16)10-1-2-10/h3-6,10,13-14H,1-2,7-9,18H2,(H,19,23)(H,20,21,22)/t13-,14+/m1/s1. The Labute approximate surface area is 140 Å². The quantitative estimate of drug-likeness (QED) is 0.776. The second kappa shape index (κ2) is 6.33. The van der Waals surface area contributed by atoms with Crippen LogP contribution in [0.15, 0.2) is 24.3 Å². The van der Waals surface area contributed by atoms with E-state index in [0.717, 1.165) is 23.5 Å². The van der Waals surface area contributed by atoms with Crippen LogP contribution in [-0.2, 0) is 9.53 Å². The molecule has 0 spiro atoms. The molecule has 1 amide bonds. The number of rotatable bonds is 5. The molecule has 4 N–H and O–H groups in total. The number of H-pyrrole nitrogens is 1. The highest BCUT2D eigenvalue weighted by Gasteiger charge is 2.30. The first-order valence-electron chi connectivity index (χ1n) is 8.42. The van der Waals surface area contributed by atoms with Crippen LogP contribution in [0.4, 0.5) is 5.69 Å². The molecule has 24 heavy (non-hydrogen) atoms. The first-order chi connectivity index (χ1) is 11.7. The van der Waals surface area contributed by atoms with E-state index in [1.165, 1.54) is 12.8 Å². The maximum Gasteiger partial charge on any atom is 0.253 e. The van der Waals surface area contributed by atoms with E-state index in [2.05, 4.69) is 20.5 Å². The molecule has 2 fully saturated rings. The van der Waals surface area contributed by atoms with Gasteiger partial charge in [-0.25, -0.2) is 4.98 Å². The van der Waals surface area contributed by atoms with Crippen LogP contribution in [0.2, 0.25) is 0 Å². The van der Waals surface area contributed by atoms with Gasteiger partial charge in [0.1, 0.15) is 11.9 Å². The maximum absolute atomic E-state index is 12.2. The van der Waals surface area contributed by atoms with E-state index in [4.69, 9.17) is 10.5 Å². The summed E-state index contributed by atoms with van der Waals surface area (Å²) in [6, 6.07) is 7.53. The van der Waals surface area contributed by atoms with Gasteiger partial charge in [0.2, 0.25) is 0 Å². The third-order valence-electron chi connectivity index (χ3n) is 4.54. The zero-order chi connectivity index (χ0) is 16.5. The van der Waals surface area contributed by atoms with Crippen molar-refractivity contribution in [2.45, 2.75) is 43.8 Å². The van der Waals surface area contributed by atoms with Crippen molar-refractivity contribution < 1.29 is 9.53 Å². The minimum Gasteiger partial charge on any atom is -0.364 e. The smallest absolute Gasteiger partial charge is 0.253 e. The second-order valence-corrected chi connectivity index (χ2v) is 6.44. The van der Waals surface area contributed by atoms with Gasteiger partial charge >= 0.3 is 0 Å². The Hall–Kier alpha value is -2.25. The summed E-state index contributed by atoms with van der Waals surface area (Å²) in [5.74, 6) is 2.09. The van der Waals surface area contributed by atoms with Gasteiger partial charge in [-0.05, 0) is 49.9 Å². The second-order valence-electron chi connectivity index (χ2n) is 6.44. The maximum atomic E-state index is 12.2. The number of nitrogens with zero attached hydrogens (tertiary/aromatic N) is 2. The molecule has 2 atom stereocenters. The van der Waals surface area contributed by atoms with Gasteiger partial charge in [-0.1, -0.05) is 0 Å². The lowest BCUT2D eigenvalue weighted by molar-refractivity contribution is -0.126. The Morgan fingerprint density at radius 2 is 2.04 bits per heavy atom. The summed E-state index contributed by atoms with van der Waals surface area (Å²) >= 11 is 0. The van der Waals surface area contributed by atoms with Crippen LogP contribution in [0, 0.1) is 0 Å². The summed E-state index contributed by atoms with van der Waals surface area (Å²) in [5.41, 5.74) is 7.24. The molecule has 2 heterocycles. The van der Waals surface area contributed by atoms with Crippen molar-refractivity contribution >= 4 is 11.6 Å². The van der Waals surface area contributed by atoms with Crippen molar-refractivity contribution in [1.29, 1.82) is 0 Å². The molecule has 1 saturated heterocycles. The lowest BCUT2D eigenvalue weighted by atomic mass is 10.1. The van der Waals surface area contributed by atoms with Crippen LogP contribution in [-0.4, -0.2) is 39.8 Å². The molecule has 2 aliphatic rings. The largest absolute Gasteiger partial charge is 0.364 e. The number of ether oxygens (including phenoxy) is 1. The molecule has 1 aliphatic carbocycles. The lowest BCUT2D eigenvalue weighted by Gasteiger charge is -2.12. The lowest BCUT2D eigenvalue weighted by Crippen LogP contribution is -2.29. The van der Waals surface area contributed by atoms with E-state index >= 15 is 0 Å². The van der Waals surface area contributed by atoms with Gasteiger partial charge in [-0.15, -0.1) is 0 Å². The van der Waals surface area contributed by atoms with Gasteiger partial charge in [0.15, 0.2) is 5.82 Å². The third kappa shape index (κ3) is 3.18. The molecule has 126 valence electrons. The number of aromatic nitrogens is 3. The number of benzene rings is 1. The number of carbonyl (C=O) groups excluding carboxylic acids is 1. The molecule has 7 nitrogen and oxygen atoms in total. The Balaban J connectivity index is 1.39. The topological polar surface area (TPSA) is 106 Å². The highest BCUT2D eigenvalue weighted by atomic mass is 16.5. The molecule has 0 radical (unpaired) electrons. The Morgan fingerprint density at radius 3 is 2.71 bits per heavy atom. The van der Waals surface area contributed by atoms with Gasteiger partial charge in [-0.3, -0.25) is 9.89 Å². The number of hydrogen-bond donors (Lipinski definition) is 3. The molecule has 0 bridgehead atoms. The first-order valence-corrected chi connectivity index (χ1v) is 8.42. The predicted octanol–water partition coefficient (Wildman–Crippen LogP) is 1.79. The van der Waals surface area contributed by atoms with Crippen molar-refractivity contribution in [1.82, 2.24) is 15.2 Å². The minimum absolute atomic E-state index is 0.00507. The summed E-state index contributed by atoms with van der Waals surface area (Å²) in [6.07, 6.45) is 3.51. The van der Waals surface area contributed by atoms with Crippen molar-refractivity contribution in [3.05, 3.63) is 30.1 Å². The minimum atomic E-state index is -0.410. The van der Waals surface area contributed by atoms with E-state index in [0.29, 0.717) is 24.7 Å². The van der Waals surface area contributed by atoms with Crippen molar-refractivity contribution in [3.63, 3.8) is 0 Å². The molecule has 1 saturated carbocycles. The Bertz CT molecular complexity index is 723. The van der Waals surface area contributed by atoms with Gasteiger partial charge < -0.3 is 15.8 Å². The number of anilines is 1. The molecule has 1 aromatic heterocycles. The van der Waals surface area contributed by atoms with Crippen molar-refractivity contribution in [2.75, 3.05) is 11.9 Å². The summed E-state index contributed by atoms with van der Waals surface area (Å²) in [6.45, 7) is 0.456. The van der Waals surface area contributed by atoms with E-state index in [-0.39, 0.29) is 12.0 Å². The molecule has 1 aromatic carbocycles. The monoisotopic (exact) mass is 327 g/mol. The first kappa shape index (κ1) is 15.3. The van der Waals surface area contributed by atoms with Gasteiger partial charge in [-0.2, -0.15) is 5.10 Å². The fourth-order valence-corrected chi connectivity index (χ4v) is 2.94. The number of hydrogen-bond acceptors (Lipinski definition) is 5. The van der Waals surface area contributed by atoms with E-state index in [1.54, 1.807) is 0 Å². The fourth-order valence-electron chi connectivity index (χ4n) is 2.94. The van der Waals surface area contributed by atoms with Crippen molar-refractivity contribution in [3.8, 4) is 11.4 Å². The summed E-state index contributed by atoms with van der Waals surface area (Å²) < 4.78 is 5.61. The van der Waals surface area contributed by atoms with Crippen LogP contribution in [0.1, 0.15) is 37.4 Å². The predicted molar refractivity (Wildman–Crippen MR) is 89.4 cm³/mol. The molecular formula is C17H21N5O2. The van der Waals surface area contributed by atoms with Gasteiger partial charge in [0, 0.05) is 23.7 Å². The molecule has 0 unspecified atom stereocenters. The zero-order valence-corrected chi connectivity index (χ0v) is 13.4. The number of nitrogens with two attached hydrogens (primary N) is 1. The zero-order valence-electron chi connectivity index (χ0n) is 13.4. The van der Waals surface area contributed by atoms with Crippen molar-refractivity contribution in [2.24, 2.45) is 5.73 Å². The number of aromatic amines is 1. The Kier molecular flexibility index (Phi) is 4.03. The Morgan fingerprint density at radius 1 is 1.25 bits per heavy atom. The number of amides is 1. The molecule has 1 aliphatic heterocycles. The summed E-state index contributed by atoms with van der Waals surface area (Å²) in [7, 11) is 0. The SMILES string of the molecule is NC[C@H]1CC[C@@H](C(=O)Nc2ccc(-c3n[nH]c(C4CC4)n3)cc2)O1. The van der Waals surface area contributed by atoms with Gasteiger partial charge in [0.25, 0.3) is 5.91 Å². The number of nitrogens with one attached hydrogen (secondary N) is 2.